The van der Waals surface area contributed by atoms with E-state index >= 15 is 0 Å². The molecule has 1 aliphatic heterocycles. The van der Waals surface area contributed by atoms with Crippen molar-refractivity contribution in [3.63, 3.8) is 0 Å². The average molecular weight is 350 g/mol. The fourth-order valence-electron chi connectivity index (χ4n) is 2.49. The Morgan fingerprint density at radius 3 is 2.17 bits per heavy atom. The van der Waals surface area contributed by atoms with Gasteiger partial charge in [0.2, 0.25) is 5.78 Å². The molecule has 2 aromatic rings. The second-order valence-corrected chi connectivity index (χ2v) is 8.06. The lowest BCUT2D eigenvalue weighted by Gasteiger charge is -2.17. The summed E-state index contributed by atoms with van der Waals surface area (Å²) in [6, 6.07) is 7.61. The maximum atomic E-state index is 13.2. The summed E-state index contributed by atoms with van der Waals surface area (Å²) in [6.07, 6.45) is 1.11. The summed E-state index contributed by atoms with van der Waals surface area (Å²) in [4.78, 5) is 12.7. The minimum Gasteiger partial charge on any atom is -0.478 e. The fourth-order valence-corrected chi connectivity index (χ4v) is 3.12. The quantitative estimate of drug-likeness (QED) is 0.850. The summed E-state index contributed by atoms with van der Waals surface area (Å²) in [5.41, 5.74) is -0.479. The molecule has 0 radical (unpaired) electrons. The number of Topliss-reactive ketones (excluding diaryl/α,β-unsaturated/α-hetero) is 1. The van der Waals surface area contributed by atoms with Gasteiger partial charge in [0.25, 0.3) is 6.01 Å². The number of rotatable bonds is 3. The number of carbonyl (C=O) groups is 1. The average Bonchev–Trinajstić information content (AvgIpc) is 3.00. The molecule has 0 spiro atoms. The Morgan fingerprint density at radius 2 is 1.67 bits per heavy atom. The molecule has 7 heteroatoms. The standard InChI is InChI=1S/C17H15FO5S/c1-17(2)16(19)14(12-8-9-13(18)22-12)15(23-17)10-4-6-11(7-5-10)24(3,20)21/h4-9H,1-3H3. The molecule has 0 aliphatic carbocycles. The number of halogens is 1. The predicted octanol–water partition coefficient (Wildman–Crippen LogP) is 3.07. The minimum absolute atomic E-state index is 0.0743. The summed E-state index contributed by atoms with van der Waals surface area (Å²) < 4.78 is 47.0. The van der Waals surface area contributed by atoms with Crippen LogP contribution in [0.25, 0.3) is 11.3 Å². The minimum atomic E-state index is -3.33. The molecule has 5 nitrogen and oxygen atoms in total. The molecule has 1 aromatic carbocycles. The predicted molar refractivity (Wildman–Crippen MR) is 85.2 cm³/mol. The Kier molecular flexibility index (Phi) is 3.64. The van der Waals surface area contributed by atoms with E-state index in [1.165, 1.54) is 18.2 Å². The van der Waals surface area contributed by atoms with Crippen molar-refractivity contribution in [2.75, 3.05) is 6.26 Å². The number of benzene rings is 1. The van der Waals surface area contributed by atoms with E-state index in [0.29, 0.717) is 5.56 Å². The van der Waals surface area contributed by atoms with Crippen molar-refractivity contribution < 1.29 is 26.8 Å². The molecule has 0 unspecified atom stereocenters. The molecule has 2 heterocycles. The zero-order valence-corrected chi connectivity index (χ0v) is 14.1. The first-order valence-electron chi connectivity index (χ1n) is 7.14. The molecule has 24 heavy (non-hydrogen) atoms. The second-order valence-electron chi connectivity index (χ2n) is 6.05. The van der Waals surface area contributed by atoms with Crippen LogP contribution in [0.3, 0.4) is 0 Å². The van der Waals surface area contributed by atoms with Gasteiger partial charge in [-0.25, -0.2) is 8.42 Å². The van der Waals surface area contributed by atoms with E-state index in [2.05, 4.69) is 0 Å². The maximum absolute atomic E-state index is 13.2. The lowest BCUT2D eigenvalue weighted by Crippen LogP contribution is -2.29. The second kappa shape index (κ2) is 5.31. The SMILES string of the molecule is CC1(C)OC(c2ccc(S(C)(=O)=O)cc2)=C(c2ccc(F)o2)C1=O. The molecule has 0 atom stereocenters. The van der Waals surface area contributed by atoms with Crippen LogP contribution in [0.5, 0.6) is 0 Å². The molecule has 0 fully saturated rings. The molecule has 0 saturated carbocycles. The van der Waals surface area contributed by atoms with Crippen LogP contribution in [0.15, 0.2) is 45.7 Å². The van der Waals surface area contributed by atoms with Gasteiger partial charge in [-0.15, -0.1) is 0 Å². The number of carbonyl (C=O) groups excluding carboxylic acids is 1. The highest BCUT2D eigenvalue weighted by atomic mass is 32.2. The van der Waals surface area contributed by atoms with E-state index in [9.17, 15) is 17.6 Å². The van der Waals surface area contributed by atoms with Crippen molar-refractivity contribution in [3.05, 3.63) is 53.7 Å². The maximum Gasteiger partial charge on any atom is 0.278 e. The highest BCUT2D eigenvalue weighted by Crippen LogP contribution is 2.41. The lowest BCUT2D eigenvalue weighted by molar-refractivity contribution is -0.125. The van der Waals surface area contributed by atoms with Crippen LogP contribution < -0.4 is 0 Å². The third-order valence-electron chi connectivity index (χ3n) is 3.72. The lowest BCUT2D eigenvalue weighted by atomic mass is 9.96. The van der Waals surface area contributed by atoms with Gasteiger partial charge >= 0.3 is 0 Å². The summed E-state index contributed by atoms with van der Waals surface area (Å²) in [5, 5.41) is 0. The van der Waals surface area contributed by atoms with E-state index in [-0.39, 0.29) is 27.8 Å². The van der Waals surface area contributed by atoms with Crippen LogP contribution in [0, 0.1) is 6.01 Å². The highest BCUT2D eigenvalue weighted by Gasteiger charge is 2.44. The monoisotopic (exact) mass is 350 g/mol. The summed E-state index contributed by atoms with van der Waals surface area (Å²) in [5.74, 6) is -0.0243. The molecule has 3 rings (SSSR count). The summed E-state index contributed by atoms with van der Waals surface area (Å²) in [7, 11) is -3.33. The summed E-state index contributed by atoms with van der Waals surface area (Å²) >= 11 is 0. The van der Waals surface area contributed by atoms with E-state index in [1.807, 2.05) is 0 Å². The largest absolute Gasteiger partial charge is 0.478 e. The Hall–Kier alpha value is -2.41. The van der Waals surface area contributed by atoms with Crippen LogP contribution in [-0.4, -0.2) is 26.1 Å². The van der Waals surface area contributed by atoms with Crippen LogP contribution in [0.4, 0.5) is 4.39 Å². The zero-order chi connectivity index (χ0) is 17.7. The molecule has 1 aliphatic rings. The van der Waals surface area contributed by atoms with Crippen molar-refractivity contribution in [1.82, 2.24) is 0 Å². The van der Waals surface area contributed by atoms with Gasteiger partial charge in [0, 0.05) is 17.9 Å². The number of hydrogen-bond acceptors (Lipinski definition) is 5. The normalized spacial score (nSPS) is 17.2. The fraction of sp³-hybridized carbons (Fsp3) is 0.235. The van der Waals surface area contributed by atoms with Gasteiger partial charge in [-0.3, -0.25) is 4.79 Å². The van der Waals surface area contributed by atoms with Gasteiger partial charge in [-0.2, -0.15) is 4.39 Å². The number of hydrogen-bond donors (Lipinski definition) is 0. The van der Waals surface area contributed by atoms with Gasteiger partial charge in [-0.1, -0.05) is 0 Å². The van der Waals surface area contributed by atoms with Gasteiger partial charge in [-0.05, 0) is 44.2 Å². The van der Waals surface area contributed by atoms with E-state index in [4.69, 9.17) is 9.15 Å². The third-order valence-corrected chi connectivity index (χ3v) is 4.85. The van der Waals surface area contributed by atoms with E-state index in [0.717, 1.165) is 12.3 Å². The highest BCUT2D eigenvalue weighted by molar-refractivity contribution is 7.90. The molecule has 0 N–H and O–H groups in total. The van der Waals surface area contributed by atoms with Gasteiger partial charge < -0.3 is 9.15 Å². The Morgan fingerprint density at radius 1 is 1.04 bits per heavy atom. The van der Waals surface area contributed by atoms with Gasteiger partial charge in [0.05, 0.1) is 4.90 Å². The number of ether oxygens (including phenoxy) is 1. The van der Waals surface area contributed by atoms with Crippen LogP contribution in [0.2, 0.25) is 0 Å². The topological polar surface area (TPSA) is 73.6 Å². The first-order chi connectivity index (χ1) is 11.1. The van der Waals surface area contributed by atoms with Gasteiger partial charge in [0.15, 0.2) is 15.4 Å². The Bertz CT molecular complexity index is 949. The number of sulfone groups is 1. The molecular formula is C17H15FO5S. The Labute approximate surface area is 138 Å². The molecular weight excluding hydrogens is 335 g/mol. The van der Waals surface area contributed by atoms with E-state index in [1.54, 1.807) is 26.0 Å². The molecule has 1 aromatic heterocycles. The van der Waals surface area contributed by atoms with Crippen molar-refractivity contribution in [2.24, 2.45) is 0 Å². The van der Waals surface area contributed by atoms with Crippen molar-refractivity contribution >= 4 is 27.0 Å². The van der Waals surface area contributed by atoms with Gasteiger partial charge in [0.1, 0.15) is 17.1 Å². The molecule has 0 bridgehead atoms. The van der Waals surface area contributed by atoms with E-state index < -0.39 is 21.5 Å². The first-order valence-corrected chi connectivity index (χ1v) is 9.03. The smallest absolute Gasteiger partial charge is 0.278 e. The van der Waals surface area contributed by atoms with Crippen molar-refractivity contribution in [3.8, 4) is 0 Å². The zero-order valence-electron chi connectivity index (χ0n) is 13.3. The summed E-state index contributed by atoms with van der Waals surface area (Å²) in [6.45, 7) is 3.21. The van der Waals surface area contributed by atoms with Crippen LogP contribution >= 0.6 is 0 Å². The van der Waals surface area contributed by atoms with Crippen molar-refractivity contribution in [1.29, 1.82) is 0 Å². The third kappa shape index (κ3) is 2.75. The molecule has 0 saturated heterocycles. The molecule has 126 valence electrons. The molecule has 0 amide bonds. The first kappa shape index (κ1) is 16.4. The van der Waals surface area contributed by atoms with Crippen LogP contribution in [0.1, 0.15) is 25.2 Å². The number of furan rings is 1. The van der Waals surface area contributed by atoms with Crippen molar-refractivity contribution in [2.45, 2.75) is 24.3 Å². The van der Waals surface area contributed by atoms with Crippen LogP contribution in [-0.2, 0) is 19.4 Å². The number of ketones is 1. The Balaban J connectivity index is 2.15.